The highest BCUT2D eigenvalue weighted by atomic mass is 16.5. The summed E-state index contributed by atoms with van der Waals surface area (Å²) in [7, 11) is 1.67. The van der Waals surface area contributed by atoms with Gasteiger partial charge in [0.15, 0.2) is 5.78 Å². The van der Waals surface area contributed by atoms with E-state index in [1.54, 1.807) is 31.4 Å². The SMILES string of the molecule is COCCCNCCC(=O)Nc1cccc(C(C)=O)c1. The Kier molecular flexibility index (Phi) is 7.54. The largest absolute Gasteiger partial charge is 0.385 e. The van der Waals surface area contributed by atoms with E-state index in [4.69, 9.17) is 4.74 Å². The van der Waals surface area contributed by atoms with Gasteiger partial charge in [0.05, 0.1) is 0 Å². The Balaban J connectivity index is 2.28. The average molecular weight is 278 g/mol. The van der Waals surface area contributed by atoms with Gasteiger partial charge in [-0.1, -0.05) is 12.1 Å². The zero-order chi connectivity index (χ0) is 14.8. The van der Waals surface area contributed by atoms with Crippen LogP contribution in [0.3, 0.4) is 0 Å². The number of carbonyl (C=O) groups excluding carboxylic acids is 2. The number of Topliss-reactive ketones (excluding diaryl/α,β-unsaturated/α-hetero) is 1. The first kappa shape index (κ1) is 16.3. The fraction of sp³-hybridized carbons (Fsp3) is 0.467. The van der Waals surface area contributed by atoms with Crippen molar-refractivity contribution >= 4 is 17.4 Å². The number of rotatable bonds is 9. The molecule has 0 atom stereocenters. The molecule has 0 aliphatic heterocycles. The minimum atomic E-state index is -0.0649. The number of amides is 1. The zero-order valence-electron chi connectivity index (χ0n) is 12.1. The summed E-state index contributed by atoms with van der Waals surface area (Å²) >= 11 is 0. The minimum Gasteiger partial charge on any atom is -0.385 e. The Morgan fingerprint density at radius 3 is 2.75 bits per heavy atom. The summed E-state index contributed by atoms with van der Waals surface area (Å²) in [5, 5.41) is 5.95. The van der Waals surface area contributed by atoms with Gasteiger partial charge in [-0.25, -0.2) is 0 Å². The van der Waals surface area contributed by atoms with Crippen molar-refractivity contribution in [1.29, 1.82) is 0 Å². The predicted octanol–water partition coefficient (Wildman–Crippen LogP) is 1.84. The van der Waals surface area contributed by atoms with Crippen LogP contribution in [0.1, 0.15) is 30.1 Å². The van der Waals surface area contributed by atoms with E-state index < -0.39 is 0 Å². The van der Waals surface area contributed by atoms with Crippen LogP contribution in [0.15, 0.2) is 24.3 Å². The molecule has 20 heavy (non-hydrogen) atoms. The van der Waals surface area contributed by atoms with Crippen LogP contribution in [0.2, 0.25) is 0 Å². The molecule has 1 aromatic carbocycles. The Labute approximate surface area is 119 Å². The lowest BCUT2D eigenvalue weighted by atomic mass is 10.1. The molecule has 1 aromatic rings. The summed E-state index contributed by atoms with van der Waals surface area (Å²) in [6.07, 6.45) is 1.33. The van der Waals surface area contributed by atoms with Crippen LogP contribution in [0.25, 0.3) is 0 Å². The fourth-order valence-corrected chi connectivity index (χ4v) is 1.71. The molecule has 0 saturated carbocycles. The number of anilines is 1. The lowest BCUT2D eigenvalue weighted by molar-refractivity contribution is -0.116. The third-order valence-electron chi connectivity index (χ3n) is 2.78. The number of ether oxygens (including phenoxy) is 1. The van der Waals surface area contributed by atoms with Crippen molar-refractivity contribution in [2.75, 3.05) is 32.1 Å². The molecule has 0 unspecified atom stereocenters. The molecule has 0 saturated heterocycles. The molecule has 5 heteroatoms. The minimum absolute atomic E-state index is 0.0130. The summed E-state index contributed by atoms with van der Waals surface area (Å²) in [5.41, 5.74) is 1.25. The number of ketones is 1. The van der Waals surface area contributed by atoms with Gasteiger partial charge in [0.2, 0.25) is 5.91 Å². The summed E-state index contributed by atoms with van der Waals surface area (Å²) in [6.45, 7) is 3.69. The predicted molar refractivity (Wildman–Crippen MR) is 79.1 cm³/mol. The molecule has 5 nitrogen and oxygen atoms in total. The summed E-state index contributed by atoms with van der Waals surface area (Å²) < 4.78 is 4.93. The molecule has 0 radical (unpaired) electrons. The zero-order valence-corrected chi connectivity index (χ0v) is 12.1. The fourth-order valence-electron chi connectivity index (χ4n) is 1.71. The van der Waals surface area contributed by atoms with E-state index in [1.165, 1.54) is 6.92 Å². The third-order valence-corrected chi connectivity index (χ3v) is 2.78. The van der Waals surface area contributed by atoms with Gasteiger partial charge >= 0.3 is 0 Å². The van der Waals surface area contributed by atoms with Crippen molar-refractivity contribution in [2.24, 2.45) is 0 Å². The average Bonchev–Trinajstić information content (AvgIpc) is 2.43. The van der Waals surface area contributed by atoms with Crippen LogP contribution >= 0.6 is 0 Å². The molecule has 1 rings (SSSR count). The molecular weight excluding hydrogens is 256 g/mol. The van der Waals surface area contributed by atoms with Gasteiger partial charge in [-0.15, -0.1) is 0 Å². The lowest BCUT2D eigenvalue weighted by Crippen LogP contribution is -2.23. The van der Waals surface area contributed by atoms with Crippen LogP contribution in [0, 0.1) is 0 Å². The van der Waals surface area contributed by atoms with Crippen molar-refractivity contribution in [3.05, 3.63) is 29.8 Å². The number of nitrogens with one attached hydrogen (secondary N) is 2. The molecule has 0 aliphatic rings. The van der Waals surface area contributed by atoms with E-state index in [0.29, 0.717) is 24.2 Å². The summed E-state index contributed by atoms with van der Waals surface area (Å²) in [6, 6.07) is 6.95. The van der Waals surface area contributed by atoms with E-state index >= 15 is 0 Å². The van der Waals surface area contributed by atoms with Crippen molar-refractivity contribution in [1.82, 2.24) is 5.32 Å². The van der Waals surface area contributed by atoms with Crippen LogP contribution in [0.4, 0.5) is 5.69 Å². The van der Waals surface area contributed by atoms with Crippen molar-refractivity contribution in [3.63, 3.8) is 0 Å². The molecule has 1 amide bonds. The van der Waals surface area contributed by atoms with Crippen molar-refractivity contribution in [3.8, 4) is 0 Å². The maximum Gasteiger partial charge on any atom is 0.225 e. The Bertz CT molecular complexity index is 446. The number of benzene rings is 1. The van der Waals surface area contributed by atoms with Crippen molar-refractivity contribution in [2.45, 2.75) is 19.8 Å². The van der Waals surface area contributed by atoms with Gasteiger partial charge in [-0.2, -0.15) is 0 Å². The molecule has 110 valence electrons. The van der Waals surface area contributed by atoms with Crippen LogP contribution in [-0.4, -0.2) is 38.5 Å². The molecule has 0 aromatic heterocycles. The normalized spacial score (nSPS) is 10.3. The molecule has 0 fully saturated rings. The number of carbonyl (C=O) groups is 2. The molecule has 2 N–H and O–H groups in total. The standard InChI is InChI=1S/C15H22N2O3/c1-12(18)13-5-3-6-14(11-13)17-15(19)7-9-16-8-4-10-20-2/h3,5-6,11,16H,4,7-10H2,1-2H3,(H,17,19). The van der Waals surface area contributed by atoms with E-state index in [2.05, 4.69) is 10.6 Å². The molecule has 0 bridgehead atoms. The summed E-state index contributed by atoms with van der Waals surface area (Å²) in [4.78, 5) is 23.0. The first-order valence-electron chi connectivity index (χ1n) is 6.74. The quantitative estimate of drug-likeness (QED) is 0.534. The molecule has 0 heterocycles. The van der Waals surface area contributed by atoms with Gasteiger partial charge in [-0.3, -0.25) is 9.59 Å². The van der Waals surface area contributed by atoms with Crippen LogP contribution in [0.5, 0.6) is 0 Å². The van der Waals surface area contributed by atoms with Gasteiger partial charge in [0, 0.05) is 37.9 Å². The highest BCUT2D eigenvalue weighted by Crippen LogP contribution is 2.11. The highest BCUT2D eigenvalue weighted by molar-refractivity contribution is 5.97. The van der Waals surface area contributed by atoms with E-state index in [0.717, 1.165) is 19.6 Å². The van der Waals surface area contributed by atoms with E-state index in [-0.39, 0.29) is 11.7 Å². The summed E-state index contributed by atoms with van der Waals surface area (Å²) in [5.74, 6) is -0.0779. The van der Waals surface area contributed by atoms with Gasteiger partial charge in [-0.05, 0) is 32.0 Å². The second-order valence-corrected chi connectivity index (χ2v) is 4.53. The lowest BCUT2D eigenvalue weighted by Gasteiger charge is -2.07. The Morgan fingerprint density at radius 2 is 2.05 bits per heavy atom. The van der Waals surface area contributed by atoms with E-state index in [9.17, 15) is 9.59 Å². The third kappa shape index (κ3) is 6.45. The van der Waals surface area contributed by atoms with Crippen molar-refractivity contribution < 1.29 is 14.3 Å². The van der Waals surface area contributed by atoms with Gasteiger partial charge in [0.1, 0.15) is 0 Å². The second-order valence-electron chi connectivity index (χ2n) is 4.53. The maximum atomic E-state index is 11.7. The smallest absolute Gasteiger partial charge is 0.225 e. The Hall–Kier alpha value is -1.72. The maximum absolute atomic E-state index is 11.7. The molecule has 0 aliphatic carbocycles. The number of hydrogen-bond donors (Lipinski definition) is 2. The monoisotopic (exact) mass is 278 g/mol. The topological polar surface area (TPSA) is 67.4 Å². The highest BCUT2D eigenvalue weighted by Gasteiger charge is 2.04. The molecular formula is C15H22N2O3. The first-order chi connectivity index (χ1) is 9.63. The molecule has 0 spiro atoms. The number of hydrogen-bond acceptors (Lipinski definition) is 4. The van der Waals surface area contributed by atoms with Crippen LogP contribution in [-0.2, 0) is 9.53 Å². The second kappa shape index (κ2) is 9.23. The van der Waals surface area contributed by atoms with Gasteiger partial charge in [0.25, 0.3) is 0 Å². The Morgan fingerprint density at radius 1 is 1.25 bits per heavy atom. The first-order valence-corrected chi connectivity index (χ1v) is 6.74. The number of methoxy groups -OCH3 is 1. The van der Waals surface area contributed by atoms with E-state index in [1.807, 2.05) is 0 Å². The van der Waals surface area contributed by atoms with Gasteiger partial charge < -0.3 is 15.4 Å². The van der Waals surface area contributed by atoms with Crippen LogP contribution < -0.4 is 10.6 Å².